The second-order valence-corrected chi connectivity index (χ2v) is 10.1. The van der Waals surface area contributed by atoms with E-state index in [1.807, 2.05) is 32.0 Å². The van der Waals surface area contributed by atoms with Gasteiger partial charge in [0.1, 0.15) is 6.04 Å². The summed E-state index contributed by atoms with van der Waals surface area (Å²) >= 11 is 1.57. The van der Waals surface area contributed by atoms with Crippen molar-refractivity contribution in [2.45, 2.75) is 37.6 Å². The summed E-state index contributed by atoms with van der Waals surface area (Å²) in [5, 5.41) is 0. The molecule has 6 nitrogen and oxygen atoms in total. The Morgan fingerprint density at radius 3 is 2.69 bits per heavy atom. The van der Waals surface area contributed by atoms with Crippen LogP contribution in [0.4, 0.5) is 0 Å². The zero-order valence-electron chi connectivity index (χ0n) is 16.7. The number of esters is 1. The van der Waals surface area contributed by atoms with E-state index in [9.17, 15) is 13.2 Å². The van der Waals surface area contributed by atoms with Crippen molar-refractivity contribution in [2.75, 3.05) is 24.7 Å². The van der Waals surface area contributed by atoms with Gasteiger partial charge in [0.05, 0.1) is 11.5 Å². The van der Waals surface area contributed by atoms with Gasteiger partial charge in [-0.3, -0.25) is 9.78 Å². The van der Waals surface area contributed by atoms with Crippen molar-refractivity contribution in [2.24, 2.45) is 0 Å². The molecule has 1 atom stereocenters. The number of benzene rings is 1. The molecular formula is C21H26N2O4S2. The molecule has 8 heteroatoms. The highest BCUT2D eigenvalue weighted by atomic mass is 32.2. The van der Waals surface area contributed by atoms with Gasteiger partial charge in [-0.15, -0.1) is 0 Å². The maximum Gasteiger partial charge on any atom is 0.325 e. The summed E-state index contributed by atoms with van der Waals surface area (Å²) in [6.07, 6.45) is 1.35. The van der Waals surface area contributed by atoms with E-state index in [0.717, 1.165) is 17.0 Å². The predicted molar refractivity (Wildman–Crippen MR) is 114 cm³/mol. The molecule has 0 amide bonds. The molecule has 29 heavy (non-hydrogen) atoms. The molecule has 0 spiro atoms. The lowest BCUT2D eigenvalue weighted by atomic mass is 10.2. The molecule has 0 saturated carbocycles. The Kier molecular flexibility index (Phi) is 7.32. The van der Waals surface area contributed by atoms with Crippen LogP contribution in [0, 0.1) is 13.8 Å². The fourth-order valence-corrected chi connectivity index (χ4v) is 5.99. The van der Waals surface area contributed by atoms with Crippen LogP contribution in [0.25, 0.3) is 0 Å². The van der Waals surface area contributed by atoms with Gasteiger partial charge in [-0.25, -0.2) is 8.42 Å². The van der Waals surface area contributed by atoms with Crippen LogP contribution >= 0.6 is 11.8 Å². The second kappa shape index (κ2) is 9.73. The molecule has 1 fully saturated rings. The molecule has 0 aliphatic carbocycles. The topological polar surface area (TPSA) is 76.6 Å². The smallest absolute Gasteiger partial charge is 0.325 e. The van der Waals surface area contributed by atoms with Gasteiger partial charge in [-0.2, -0.15) is 16.1 Å². The van der Waals surface area contributed by atoms with E-state index in [2.05, 4.69) is 4.98 Å². The van der Waals surface area contributed by atoms with Crippen molar-refractivity contribution in [1.29, 1.82) is 0 Å². The molecule has 0 unspecified atom stereocenters. The number of thioether (sulfide) groups is 1. The molecule has 1 aromatic heterocycles. The average Bonchev–Trinajstić information content (AvgIpc) is 2.71. The molecular weight excluding hydrogens is 408 g/mol. The molecule has 156 valence electrons. The Bertz CT molecular complexity index is 945. The van der Waals surface area contributed by atoms with Crippen molar-refractivity contribution in [1.82, 2.24) is 9.29 Å². The number of aryl methyl sites for hydroxylation is 3. The Hall–Kier alpha value is -1.90. The third kappa shape index (κ3) is 5.58. The third-order valence-electron chi connectivity index (χ3n) is 4.75. The monoisotopic (exact) mass is 434 g/mol. The third-order valence-corrected chi connectivity index (χ3v) is 7.69. The minimum absolute atomic E-state index is 0.207. The van der Waals surface area contributed by atoms with Crippen LogP contribution in [0.5, 0.6) is 0 Å². The molecule has 3 rings (SSSR count). The lowest BCUT2D eigenvalue weighted by Gasteiger charge is -2.32. The minimum Gasteiger partial charge on any atom is -0.464 e. The number of carbonyl (C=O) groups is 1. The number of ether oxygens (including phenoxy) is 1. The van der Waals surface area contributed by atoms with Crippen LogP contribution < -0.4 is 0 Å². The molecule has 0 radical (unpaired) electrons. The number of aromatic nitrogens is 1. The first kappa shape index (κ1) is 21.8. The molecule has 1 saturated heterocycles. The maximum absolute atomic E-state index is 13.1. The Morgan fingerprint density at radius 2 is 1.97 bits per heavy atom. The summed E-state index contributed by atoms with van der Waals surface area (Å²) in [5.41, 5.74) is 2.89. The van der Waals surface area contributed by atoms with Gasteiger partial charge in [-0.05, 0) is 51.0 Å². The number of rotatable bonds is 7. The normalized spacial score (nSPS) is 17.8. The zero-order chi connectivity index (χ0) is 20.9. The van der Waals surface area contributed by atoms with Crippen molar-refractivity contribution in [3.05, 3.63) is 59.4 Å². The number of sulfonamides is 1. The van der Waals surface area contributed by atoms with E-state index < -0.39 is 22.0 Å². The number of carbonyl (C=O) groups excluding carboxylic acids is 1. The molecule has 0 bridgehead atoms. The molecule has 1 aromatic carbocycles. The standard InChI is InChI=1S/C21H26N2O4S2/c1-16-8-10-19(11-9-16)29(25,26)23-12-14-28-15-20(23)21(24)27-13-4-7-18-6-3-5-17(2)22-18/h3,5-6,8-11,20H,4,7,12-15H2,1-2H3/t20-/m0/s1. The highest BCUT2D eigenvalue weighted by Crippen LogP contribution is 2.25. The van der Waals surface area contributed by atoms with Crippen molar-refractivity contribution in [3.8, 4) is 0 Å². The Morgan fingerprint density at radius 1 is 1.21 bits per heavy atom. The van der Waals surface area contributed by atoms with Crippen molar-refractivity contribution in [3.63, 3.8) is 0 Å². The maximum atomic E-state index is 13.1. The van der Waals surface area contributed by atoms with Crippen LogP contribution in [0.2, 0.25) is 0 Å². The first-order chi connectivity index (χ1) is 13.9. The summed E-state index contributed by atoms with van der Waals surface area (Å²) in [6.45, 7) is 4.38. The number of hydrogen-bond donors (Lipinski definition) is 0. The zero-order valence-corrected chi connectivity index (χ0v) is 18.3. The quantitative estimate of drug-likeness (QED) is 0.493. The van der Waals surface area contributed by atoms with Gasteiger partial charge in [0.25, 0.3) is 0 Å². The predicted octanol–water partition coefficient (Wildman–Crippen LogP) is 2.98. The lowest BCUT2D eigenvalue weighted by molar-refractivity contribution is -0.147. The molecule has 1 aliphatic heterocycles. The summed E-state index contributed by atoms with van der Waals surface area (Å²) < 4.78 is 32.8. The fraction of sp³-hybridized carbons (Fsp3) is 0.429. The van der Waals surface area contributed by atoms with Crippen LogP contribution in [-0.2, 0) is 26.0 Å². The van der Waals surface area contributed by atoms with E-state index in [1.54, 1.807) is 36.0 Å². The lowest BCUT2D eigenvalue weighted by Crippen LogP contribution is -2.50. The Balaban J connectivity index is 1.61. The number of hydrogen-bond acceptors (Lipinski definition) is 6. The van der Waals surface area contributed by atoms with E-state index >= 15 is 0 Å². The van der Waals surface area contributed by atoms with Crippen LogP contribution in [0.3, 0.4) is 0 Å². The molecule has 2 heterocycles. The van der Waals surface area contributed by atoms with E-state index in [4.69, 9.17) is 4.74 Å². The summed E-state index contributed by atoms with van der Waals surface area (Å²) in [7, 11) is -3.74. The first-order valence-corrected chi connectivity index (χ1v) is 12.2. The fourth-order valence-electron chi connectivity index (χ4n) is 3.17. The molecule has 2 aromatic rings. The largest absolute Gasteiger partial charge is 0.464 e. The van der Waals surface area contributed by atoms with Gasteiger partial charge >= 0.3 is 5.97 Å². The highest BCUT2D eigenvalue weighted by molar-refractivity contribution is 7.99. The Labute approximate surface area is 176 Å². The molecule has 1 aliphatic rings. The minimum atomic E-state index is -3.74. The second-order valence-electron chi connectivity index (χ2n) is 7.06. The van der Waals surface area contributed by atoms with Gasteiger partial charge in [-0.1, -0.05) is 23.8 Å². The van der Waals surface area contributed by atoms with E-state index in [1.165, 1.54) is 4.31 Å². The summed E-state index contributed by atoms with van der Waals surface area (Å²) in [6, 6.07) is 11.7. The SMILES string of the molecule is Cc1ccc(S(=O)(=O)N2CCSC[C@H]2C(=O)OCCCc2cccc(C)n2)cc1. The van der Waals surface area contributed by atoms with Crippen LogP contribution in [0.1, 0.15) is 23.4 Å². The van der Waals surface area contributed by atoms with E-state index in [-0.39, 0.29) is 11.5 Å². The highest BCUT2D eigenvalue weighted by Gasteiger charge is 2.38. The van der Waals surface area contributed by atoms with Gasteiger partial charge in [0.2, 0.25) is 10.0 Å². The van der Waals surface area contributed by atoms with E-state index in [0.29, 0.717) is 30.9 Å². The number of pyridine rings is 1. The van der Waals surface area contributed by atoms with Gasteiger partial charge < -0.3 is 4.74 Å². The van der Waals surface area contributed by atoms with Crippen molar-refractivity contribution >= 4 is 27.8 Å². The van der Waals surface area contributed by atoms with Crippen molar-refractivity contribution < 1.29 is 17.9 Å². The summed E-state index contributed by atoms with van der Waals surface area (Å²) in [4.78, 5) is 17.3. The number of nitrogens with zero attached hydrogens (tertiary/aromatic N) is 2. The average molecular weight is 435 g/mol. The van der Waals surface area contributed by atoms with Gasteiger partial charge in [0, 0.05) is 29.4 Å². The molecule has 0 N–H and O–H groups in total. The summed E-state index contributed by atoms with van der Waals surface area (Å²) in [5.74, 6) is 0.585. The van der Waals surface area contributed by atoms with Crippen LogP contribution in [-0.4, -0.2) is 54.4 Å². The first-order valence-electron chi connectivity index (χ1n) is 9.63. The van der Waals surface area contributed by atoms with Gasteiger partial charge in [0.15, 0.2) is 0 Å². The van der Waals surface area contributed by atoms with Crippen LogP contribution in [0.15, 0.2) is 47.4 Å².